The highest BCUT2D eigenvalue weighted by molar-refractivity contribution is 7.99. The number of hydrogen-bond acceptors (Lipinski definition) is 6. The highest BCUT2D eigenvalue weighted by Gasteiger charge is 2.16. The van der Waals surface area contributed by atoms with E-state index in [2.05, 4.69) is 16.9 Å². The fourth-order valence-corrected chi connectivity index (χ4v) is 4.20. The Bertz CT molecular complexity index is 979. The van der Waals surface area contributed by atoms with Gasteiger partial charge in [0.2, 0.25) is 0 Å². The first-order chi connectivity index (χ1) is 16.7. The maximum absolute atomic E-state index is 12.2. The molecule has 0 fully saturated rings. The van der Waals surface area contributed by atoms with Crippen molar-refractivity contribution >= 4 is 17.7 Å². The lowest BCUT2D eigenvalue weighted by Gasteiger charge is -2.14. The van der Waals surface area contributed by atoms with Crippen LogP contribution in [0.2, 0.25) is 0 Å². The van der Waals surface area contributed by atoms with Crippen molar-refractivity contribution in [1.29, 1.82) is 0 Å². The van der Waals surface area contributed by atoms with E-state index in [1.54, 1.807) is 18.7 Å². The van der Waals surface area contributed by atoms with E-state index in [0.29, 0.717) is 5.75 Å². The van der Waals surface area contributed by atoms with Gasteiger partial charge in [-0.1, -0.05) is 93.3 Å². The molecular formula is C28H34N2O3S. The Morgan fingerprint density at radius 1 is 0.882 bits per heavy atom. The van der Waals surface area contributed by atoms with Gasteiger partial charge >= 0.3 is 5.97 Å². The van der Waals surface area contributed by atoms with E-state index in [4.69, 9.17) is 9.47 Å². The van der Waals surface area contributed by atoms with Gasteiger partial charge in [0.25, 0.3) is 0 Å². The zero-order valence-corrected chi connectivity index (χ0v) is 20.9. The molecule has 0 aliphatic rings. The first kappa shape index (κ1) is 25.8. The zero-order chi connectivity index (χ0) is 24.0. The van der Waals surface area contributed by atoms with Crippen molar-refractivity contribution in [3.8, 4) is 16.9 Å². The Morgan fingerprint density at radius 2 is 1.56 bits per heavy atom. The van der Waals surface area contributed by atoms with Gasteiger partial charge in [-0.2, -0.15) is 0 Å². The van der Waals surface area contributed by atoms with Gasteiger partial charge in [-0.05, 0) is 36.6 Å². The molecule has 0 saturated heterocycles. The molecule has 180 valence electrons. The molecular weight excluding hydrogens is 444 g/mol. The third-order valence-corrected chi connectivity index (χ3v) is 6.38. The summed E-state index contributed by atoms with van der Waals surface area (Å²) in [7, 11) is 0. The fourth-order valence-electron chi connectivity index (χ4n) is 3.41. The topological polar surface area (TPSA) is 61.3 Å². The highest BCUT2D eigenvalue weighted by Crippen LogP contribution is 2.24. The minimum absolute atomic E-state index is 0.236. The summed E-state index contributed by atoms with van der Waals surface area (Å²) in [5.41, 5.74) is 2.89. The molecule has 0 spiro atoms. The lowest BCUT2D eigenvalue weighted by molar-refractivity contribution is -0.152. The van der Waals surface area contributed by atoms with Crippen LogP contribution in [0, 0.1) is 0 Å². The molecule has 6 heteroatoms. The van der Waals surface area contributed by atoms with Gasteiger partial charge in [-0.15, -0.1) is 0 Å². The van der Waals surface area contributed by atoms with Gasteiger partial charge in [-0.25, -0.2) is 14.8 Å². The average Bonchev–Trinajstić information content (AvgIpc) is 2.88. The summed E-state index contributed by atoms with van der Waals surface area (Å²) < 4.78 is 11.1. The molecule has 34 heavy (non-hydrogen) atoms. The first-order valence-electron chi connectivity index (χ1n) is 12.1. The third kappa shape index (κ3) is 8.82. The minimum atomic E-state index is -0.694. The zero-order valence-electron chi connectivity index (χ0n) is 20.1. The number of rotatable bonds is 14. The standard InChI is InChI=1S/C28H34N2O3S/c1-3-4-5-6-7-11-18-34-28-29-19-25(20-30-28)24-14-16-26(17-15-24)33-22(2)27(31)32-21-23-12-9-8-10-13-23/h8-10,12-17,19-20,22H,3-7,11,18,21H2,1-2H3/t22-/m1/s1. The number of hydrogen-bond donors (Lipinski definition) is 0. The lowest BCUT2D eigenvalue weighted by Crippen LogP contribution is -2.26. The second-order valence-corrected chi connectivity index (χ2v) is 9.31. The summed E-state index contributed by atoms with van der Waals surface area (Å²) in [6, 6.07) is 17.2. The summed E-state index contributed by atoms with van der Waals surface area (Å²) in [6.07, 6.45) is 10.8. The Labute approximate surface area is 207 Å². The number of carbonyl (C=O) groups excluding carboxylic acids is 1. The van der Waals surface area contributed by atoms with Crippen LogP contribution in [0.15, 0.2) is 72.1 Å². The van der Waals surface area contributed by atoms with Crippen molar-refractivity contribution in [3.63, 3.8) is 0 Å². The summed E-state index contributed by atoms with van der Waals surface area (Å²) >= 11 is 1.72. The molecule has 0 amide bonds. The number of carbonyl (C=O) groups is 1. The van der Waals surface area contributed by atoms with E-state index in [1.165, 1.54) is 38.5 Å². The Kier molecular flexibility index (Phi) is 10.9. The monoisotopic (exact) mass is 478 g/mol. The van der Waals surface area contributed by atoms with Gasteiger partial charge in [0, 0.05) is 23.7 Å². The average molecular weight is 479 g/mol. The molecule has 1 heterocycles. The lowest BCUT2D eigenvalue weighted by atomic mass is 10.1. The number of ether oxygens (including phenoxy) is 2. The molecule has 0 unspecified atom stereocenters. The summed E-state index contributed by atoms with van der Waals surface area (Å²) in [5, 5.41) is 0.820. The Balaban J connectivity index is 1.42. The predicted octanol–water partition coefficient (Wildman–Crippen LogP) is 7.11. The van der Waals surface area contributed by atoms with E-state index in [0.717, 1.165) is 27.6 Å². The van der Waals surface area contributed by atoms with Crippen LogP contribution in [0.3, 0.4) is 0 Å². The molecule has 0 aliphatic carbocycles. The molecule has 0 aliphatic heterocycles. The second-order valence-electron chi connectivity index (χ2n) is 8.25. The number of aromatic nitrogens is 2. The molecule has 0 saturated carbocycles. The Morgan fingerprint density at radius 3 is 2.26 bits per heavy atom. The molecule has 0 N–H and O–H groups in total. The van der Waals surface area contributed by atoms with Crippen molar-refractivity contribution < 1.29 is 14.3 Å². The molecule has 0 radical (unpaired) electrons. The molecule has 0 bridgehead atoms. The van der Waals surface area contributed by atoms with E-state index in [9.17, 15) is 4.79 Å². The smallest absolute Gasteiger partial charge is 0.347 e. The summed E-state index contributed by atoms with van der Waals surface area (Å²) in [4.78, 5) is 21.2. The molecule has 2 aromatic carbocycles. The molecule has 3 aromatic rings. The van der Waals surface area contributed by atoms with Crippen molar-refractivity contribution in [3.05, 3.63) is 72.6 Å². The van der Waals surface area contributed by atoms with Crippen LogP contribution in [-0.4, -0.2) is 27.8 Å². The molecule has 1 aromatic heterocycles. The second kappa shape index (κ2) is 14.4. The maximum Gasteiger partial charge on any atom is 0.347 e. The highest BCUT2D eigenvalue weighted by atomic mass is 32.2. The Hall–Kier alpha value is -2.86. The summed E-state index contributed by atoms with van der Waals surface area (Å²) in [5.74, 6) is 1.28. The number of esters is 1. The van der Waals surface area contributed by atoms with Crippen LogP contribution in [0.4, 0.5) is 0 Å². The SMILES string of the molecule is CCCCCCCCSc1ncc(-c2ccc(O[C@H](C)C(=O)OCc3ccccc3)cc2)cn1. The van der Waals surface area contributed by atoms with Crippen LogP contribution in [0.1, 0.15) is 57.9 Å². The quantitative estimate of drug-likeness (QED) is 0.106. The van der Waals surface area contributed by atoms with Crippen molar-refractivity contribution in [2.24, 2.45) is 0 Å². The van der Waals surface area contributed by atoms with Gasteiger partial charge in [0.05, 0.1) is 0 Å². The van der Waals surface area contributed by atoms with E-state index < -0.39 is 12.1 Å². The number of benzene rings is 2. The number of nitrogens with zero attached hydrogens (tertiary/aromatic N) is 2. The van der Waals surface area contributed by atoms with Gasteiger partial charge in [0.15, 0.2) is 11.3 Å². The van der Waals surface area contributed by atoms with Gasteiger partial charge in [0.1, 0.15) is 12.4 Å². The van der Waals surface area contributed by atoms with E-state index >= 15 is 0 Å². The molecule has 5 nitrogen and oxygen atoms in total. The predicted molar refractivity (Wildman–Crippen MR) is 138 cm³/mol. The van der Waals surface area contributed by atoms with Crippen LogP contribution in [0.5, 0.6) is 5.75 Å². The normalized spacial score (nSPS) is 11.7. The van der Waals surface area contributed by atoms with E-state index in [1.807, 2.05) is 67.0 Å². The van der Waals surface area contributed by atoms with Gasteiger partial charge < -0.3 is 9.47 Å². The van der Waals surface area contributed by atoms with Crippen molar-refractivity contribution in [2.75, 3.05) is 5.75 Å². The molecule has 3 rings (SSSR count). The van der Waals surface area contributed by atoms with Crippen molar-refractivity contribution in [1.82, 2.24) is 9.97 Å². The fraction of sp³-hybridized carbons (Fsp3) is 0.393. The van der Waals surface area contributed by atoms with Crippen LogP contribution in [-0.2, 0) is 16.1 Å². The molecule has 1 atom stereocenters. The van der Waals surface area contributed by atoms with Crippen LogP contribution >= 0.6 is 11.8 Å². The maximum atomic E-state index is 12.2. The van der Waals surface area contributed by atoms with Crippen molar-refractivity contribution in [2.45, 2.75) is 70.2 Å². The van der Waals surface area contributed by atoms with Crippen LogP contribution in [0.25, 0.3) is 11.1 Å². The minimum Gasteiger partial charge on any atom is -0.479 e. The van der Waals surface area contributed by atoms with Crippen LogP contribution < -0.4 is 4.74 Å². The third-order valence-electron chi connectivity index (χ3n) is 5.41. The first-order valence-corrected chi connectivity index (χ1v) is 13.1. The summed E-state index contributed by atoms with van der Waals surface area (Å²) in [6.45, 7) is 4.17. The largest absolute Gasteiger partial charge is 0.479 e. The van der Waals surface area contributed by atoms with E-state index in [-0.39, 0.29) is 6.61 Å². The number of thioether (sulfide) groups is 1. The van der Waals surface area contributed by atoms with Gasteiger partial charge in [-0.3, -0.25) is 0 Å². The number of unbranched alkanes of at least 4 members (excludes halogenated alkanes) is 5.